The summed E-state index contributed by atoms with van der Waals surface area (Å²) in [7, 11) is 1.43. The zero-order chi connectivity index (χ0) is 21.5. The molecule has 3 amide bonds. The van der Waals surface area contributed by atoms with Crippen molar-refractivity contribution in [2.24, 2.45) is 0 Å². The van der Waals surface area contributed by atoms with Gasteiger partial charge in [0.2, 0.25) is 5.91 Å². The lowest BCUT2D eigenvalue weighted by Gasteiger charge is -2.33. The van der Waals surface area contributed by atoms with Crippen LogP contribution in [0, 0.1) is 0 Å². The molecule has 0 radical (unpaired) electrons. The molecule has 0 aliphatic carbocycles. The monoisotopic (exact) mass is 431 g/mol. The van der Waals surface area contributed by atoms with E-state index in [1.165, 1.54) is 13.2 Å². The molecule has 8 nitrogen and oxygen atoms in total. The zero-order valence-corrected chi connectivity index (χ0v) is 17.1. The number of hydrogen-bond acceptors (Lipinski definition) is 5. The first-order valence-electron chi connectivity index (χ1n) is 9.35. The quantitative estimate of drug-likeness (QED) is 0.706. The minimum atomic E-state index is -0.932. The predicted octanol–water partition coefficient (Wildman–Crippen LogP) is 2.00. The second kappa shape index (κ2) is 10.1. The van der Waals surface area contributed by atoms with E-state index in [2.05, 4.69) is 10.6 Å². The lowest BCUT2D eigenvalue weighted by Crippen LogP contribution is -2.48. The minimum absolute atomic E-state index is 0.224. The van der Waals surface area contributed by atoms with E-state index in [9.17, 15) is 14.4 Å². The molecule has 0 spiro atoms. The van der Waals surface area contributed by atoms with Crippen molar-refractivity contribution in [1.82, 2.24) is 10.2 Å². The van der Waals surface area contributed by atoms with Gasteiger partial charge in [-0.05, 0) is 23.8 Å². The Kier molecular flexibility index (Phi) is 7.26. The molecule has 2 aromatic carbocycles. The Morgan fingerprint density at radius 3 is 2.67 bits per heavy atom. The van der Waals surface area contributed by atoms with Gasteiger partial charge in [0, 0.05) is 11.6 Å². The summed E-state index contributed by atoms with van der Waals surface area (Å²) in [5, 5.41) is 5.16. The van der Waals surface area contributed by atoms with Crippen LogP contribution in [-0.2, 0) is 19.1 Å². The number of hydrogen-bond donors (Lipinski definition) is 2. The lowest BCUT2D eigenvalue weighted by atomic mass is 10.1. The molecule has 2 N–H and O–H groups in total. The number of halogens is 1. The van der Waals surface area contributed by atoms with Crippen molar-refractivity contribution >= 4 is 35.0 Å². The van der Waals surface area contributed by atoms with Crippen LogP contribution in [0.15, 0.2) is 48.5 Å². The molecule has 0 bridgehead atoms. The molecular formula is C21H22ClN3O5. The number of morpholine rings is 1. The van der Waals surface area contributed by atoms with E-state index in [-0.39, 0.29) is 24.2 Å². The summed E-state index contributed by atoms with van der Waals surface area (Å²) in [6.45, 7) is 0.906. The van der Waals surface area contributed by atoms with E-state index in [1.807, 2.05) is 30.3 Å². The smallest absolute Gasteiger partial charge is 0.313 e. The summed E-state index contributed by atoms with van der Waals surface area (Å²) in [6, 6.07) is 14.2. The Bertz CT molecular complexity index is 922. The van der Waals surface area contributed by atoms with Gasteiger partial charge in [-0.1, -0.05) is 41.9 Å². The third kappa shape index (κ3) is 5.49. The van der Waals surface area contributed by atoms with Crippen LogP contribution >= 0.6 is 11.6 Å². The van der Waals surface area contributed by atoms with Gasteiger partial charge >= 0.3 is 11.8 Å². The van der Waals surface area contributed by atoms with Gasteiger partial charge in [0.25, 0.3) is 0 Å². The molecule has 2 aromatic rings. The molecular weight excluding hydrogens is 410 g/mol. The maximum absolute atomic E-state index is 12.5. The van der Waals surface area contributed by atoms with E-state index < -0.39 is 11.8 Å². The summed E-state index contributed by atoms with van der Waals surface area (Å²) < 4.78 is 10.9. The number of anilines is 1. The minimum Gasteiger partial charge on any atom is -0.495 e. The summed E-state index contributed by atoms with van der Waals surface area (Å²) >= 11 is 5.91. The van der Waals surface area contributed by atoms with E-state index in [0.29, 0.717) is 30.5 Å². The highest BCUT2D eigenvalue weighted by Crippen LogP contribution is 2.27. The number of carbonyl (C=O) groups excluding carboxylic acids is 3. The number of rotatable bonds is 5. The van der Waals surface area contributed by atoms with Crippen molar-refractivity contribution in [1.29, 1.82) is 0 Å². The topological polar surface area (TPSA) is 97.0 Å². The van der Waals surface area contributed by atoms with Gasteiger partial charge in [0.05, 0.1) is 32.5 Å². The van der Waals surface area contributed by atoms with E-state index in [0.717, 1.165) is 5.56 Å². The standard InChI is InChI=1S/C21H22ClN3O5/c1-29-17-8-7-15(22)11-16(17)24-21(28)20(27)23-12-19(26)25-9-10-30-18(13-25)14-5-3-2-4-6-14/h2-8,11,18H,9-10,12-13H2,1H3,(H,23,27)(H,24,28). The Labute approximate surface area is 179 Å². The van der Waals surface area contributed by atoms with E-state index >= 15 is 0 Å². The molecule has 0 saturated carbocycles. The molecule has 3 rings (SSSR count). The second-order valence-electron chi connectivity index (χ2n) is 6.59. The van der Waals surface area contributed by atoms with E-state index in [1.54, 1.807) is 17.0 Å². The van der Waals surface area contributed by atoms with Crippen molar-refractivity contribution in [2.45, 2.75) is 6.10 Å². The first-order valence-corrected chi connectivity index (χ1v) is 9.72. The van der Waals surface area contributed by atoms with Gasteiger partial charge in [-0.15, -0.1) is 0 Å². The van der Waals surface area contributed by atoms with Gasteiger partial charge < -0.3 is 25.0 Å². The highest BCUT2D eigenvalue weighted by atomic mass is 35.5. The Morgan fingerprint density at radius 2 is 1.93 bits per heavy atom. The van der Waals surface area contributed by atoms with Crippen LogP contribution in [0.3, 0.4) is 0 Å². The Hall–Kier alpha value is -3.10. The zero-order valence-electron chi connectivity index (χ0n) is 16.4. The molecule has 1 heterocycles. The van der Waals surface area contributed by atoms with Crippen molar-refractivity contribution in [3.05, 3.63) is 59.1 Å². The highest BCUT2D eigenvalue weighted by Gasteiger charge is 2.26. The maximum Gasteiger partial charge on any atom is 0.313 e. The average molecular weight is 432 g/mol. The first kappa shape index (κ1) is 21.6. The van der Waals surface area contributed by atoms with Gasteiger partial charge in [-0.25, -0.2) is 0 Å². The normalized spacial score (nSPS) is 15.9. The number of methoxy groups -OCH3 is 1. The average Bonchev–Trinajstić information content (AvgIpc) is 2.78. The van der Waals surface area contributed by atoms with Crippen LogP contribution in [0.1, 0.15) is 11.7 Å². The summed E-state index contributed by atoms with van der Waals surface area (Å²) in [6.07, 6.45) is -0.224. The molecule has 1 aliphatic heterocycles. The van der Waals surface area contributed by atoms with Gasteiger partial charge in [0.15, 0.2) is 0 Å². The van der Waals surface area contributed by atoms with Crippen molar-refractivity contribution in [2.75, 3.05) is 38.7 Å². The van der Waals surface area contributed by atoms with E-state index in [4.69, 9.17) is 21.1 Å². The fraction of sp³-hybridized carbons (Fsp3) is 0.286. The van der Waals surface area contributed by atoms with Crippen LogP contribution in [0.4, 0.5) is 5.69 Å². The highest BCUT2D eigenvalue weighted by molar-refractivity contribution is 6.40. The first-order chi connectivity index (χ1) is 14.5. The number of carbonyl (C=O) groups is 3. The van der Waals surface area contributed by atoms with Crippen LogP contribution in [0.5, 0.6) is 5.75 Å². The van der Waals surface area contributed by atoms with Crippen LogP contribution in [0.25, 0.3) is 0 Å². The largest absolute Gasteiger partial charge is 0.495 e. The number of nitrogens with zero attached hydrogens (tertiary/aromatic N) is 1. The van der Waals surface area contributed by atoms with Crippen LogP contribution < -0.4 is 15.4 Å². The number of ether oxygens (including phenoxy) is 2. The Balaban J connectivity index is 1.52. The molecule has 30 heavy (non-hydrogen) atoms. The SMILES string of the molecule is COc1ccc(Cl)cc1NC(=O)C(=O)NCC(=O)N1CCOC(c2ccccc2)C1. The number of nitrogens with one attached hydrogen (secondary N) is 2. The number of benzene rings is 2. The third-order valence-electron chi connectivity index (χ3n) is 4.61. The fourth-order valence-corrected chi connectivity index (χ4v) is 3.22. The second-order valence-corrected chi connectivity index (χ2v) is 7.03. The molecule has 9 heteroatoms. The molecule has 1 fully saturated rings. The maximum atomic E-state index is 12.5. The van der Waals surface area contributed by atoms with Crippen molar-refractivity contribution in [3.8, 4) is 5.75 Å². The Morgan fingerprint density at radius 1 is 1.17 bits per heavy atom. The summed E-state index contributed by atoms with van der Waals surface area (Å²) in [5.74, 6) is -1.79. The van der Waals surface area contributed by atoms with Gasteiger partial charge in [0.1, 0.15) is 11.9 Å². The van der Waals surface area contributed by atoms with Gasteiger partial charge in [-0.3, -0.25) is 14.4 Å². The number of amides is 3. The molecule has 158 valence electrons. The predicted molar refractivity (Wildman–Crippen MR) is 111 cm³/mol. The summed E-state index contributed by atoms with van der Waals surface area (Å²) in [4.78, 5) is 38.4. The molecule has 0 aromatic heterocycles. The van der Waals surface area contributed by atoms with Gasteiger partial charge in [-0.2, -0.15) is 0 Å². The van der Waals surface area contributed by atoms with Crippen molar-refractivity contribution < 1.29 is 23.9 Å². The van der Waals surface area contributed by atoms with Crippen LogP contribution in [0.2, 0.25) is 5.02 Å². The molecule has 1 unspecified atom stereocenters. The lowest BCUT2D eigenvalue weighted by molar-refractivity contribution is -0.141. The van der Waals surface area contributed by atoms with Crippen LogP contribution in [-0.4, -0.2) is 56.0 Å². The third-order valence-corrected chi connectivity index (χ3v) is 4.84. The summed E-state index contributed by atoms with van der Waals surface area (Å²) in [5.41, 5.74) is 1.24. The molecule has 1 atom stereocenters. The molecule has 1 saturated heterocycles. The van der Waals surface area contributed by atoms with Crippen molar-refractivity contribution in [3.63, 3.8) is 0 Å². The fourth-order valence-electron chi connectivity index (χ4n) is 3.05. The molecule has 1 aliphatic rings.